The number of benzene rings is 2. The molecular weight excluding hydrogens is 494 g/mol. The van der Waals surface area contributed by atoms with E-state index in [1.54, 1.807) is 52.2 Å². The average molecular weight is 530 g/mol. The van der Waals surface area contributed by atoms with Gasteiger partial charge in [0.15, 0.2) is 0 Å². The van der Waals surface area contributed by atoms with E-state index in [1.165, 1.54) is 4.90 Å². The number of rotatable bonds is 9. The standard InChI is InChI=1S/C27H35N3O6S/c1-15-16(2)18(4)23(19(5)17(15)3)37(35,36)29-21-10-8-20(9-11-21)14-22(24(31)32)28-25(33)27(12-13-27)26(34)30(6)7/h8-11,22,29H,12-14H2,1-7H3,(H,28,33)(H,31,32). The Kier molecular flexibility index (Phi) is 7.74. The molecule has 3 N–H and O–H groups in total. The molecule has 1 unspecified atom stereocenters. The molecule has 0 aliphatic heterocycles. The zero-order chi connectivity index (χ0) is 27.9. The van der Waals surface area contributed by atoms with Gasteiger partial charge in [0.1, 0.15) is 11.5 Å². The highest BCUT2D eigenvalue weighted by Gasteiger charge is 2.57. The summed E-state index contributed by atoms with van der Waals surface area (Å²) in [6.45, 7) is 9.38. The van der Waals surface area contributed by atoms with Gasteiger partial charge in [-0.3, -0.25) is 14.3 Å². The number of nitrogens with zero attached hydrogens (tertiary/aromatic N) is 1. The Balaban J connectivity index is 1.76. The van der Waals surface area contributed by atoms with E-state index in [0.717, 1.165) is 16.7 Å². The molecule has 0 radical (unpaired) electrons. The van der Waals surface area contributed by atoms with Gasteiger partial charge < -0.3 is 15.3 Å². The predicted molar refractivity (Wildman–Crippen MR) is 141 cm³/mol. The molecule has 200 valence electrons. The fraction of sp³-hybridized carbons (Fsp3) is 0.444. The molecule has 0 heterocycles. The second-order valence-corrected chi connectivity index (χ2v) is 11.7. The molecule has 1 fully saturated rings. The summed E-state index contributed by atoms with van der Waals surface area (Å²) >= 11 is 0. The summed E-state index contributed by atoms with van der Waals surface area (Å²) in [6.07, 6.45) is 0.751. The molecule has 1 aliphatic carbocycles. The summed E-state index contributed by atoms with van der Waals surface area (Å²) in [5.74, 6) is -2.14. The van der Waals surface area contributed by atoms with Crippen molar-refractivity contribution in [1.29, 1.82) is 0 Å². The van der Waals surface area contributed by atoms with E-state index in [9.17, 15) is 27.9 Å². The van der Waals surface area contributed by atoms with Gasteiger partial charge in [-0.1, -0.05) is 12.1 Å². The summed E-state index contributed by atoms with van der Waals surface area (Å²) in [4.78, 5) is 38.6. The van der Waals surface area contributed by atoms with Gasteiger partial charge in [-0.25, -0.2) is 13.2 Å². The van der Waals surface area contributed by atoms with Crippen LogP contribution in [0.5, 0.6) is 0 Å². The number of anilines is 1. The first-order chi connectivity index (χ1) is 17.1. The van der Waals surface area contributed by atoms with Crippen LogP contribution in [-0.4, -0.2) is 56.3 Å². The molecule has 0 bridgehead atoms. The van der Waals surface area contributed by atoms with Crippen LogP contribution >= 0.6 is 0 Å². The summed E-state index contributed by atoms with van der Waals surface area (Å²) < 4.78 is 29.2. The second kappa shape index (κ2) is 10.2. The summed E-state index contributed by atoms with van der Waals surface area (Å²) in [7, 11) is -0.744. The van der Waals surface area contributed by atoms with Crippen LogP contribution in [0.25, 0.3) is 0 Å². The Bertz CT molecular complexity index is 1330. The van der Waals surface area contributed by atoms with Crippen molar-refractivity contribution in [2.24, 2.45) is 5.41 Å². The SMILES string of the molecule is Cc1c(C)c(C)c(S(=O)(=O)Nc2ccc(CC(NC(=O)C3(C(=O)N(C)C)CC3)C(=O)O)cc2)c(C)c1C. The number of amides is 2. The Morgan fingerprint density at radius 1 is 0.919 bits per heavy atom. The number of aliphatic carboxylic acids is 1. The van der Waals surface area contributed by atoms with Gasteiger partial charge in [0.25, 0.3) is 10.0 Å². The monoisotopic (exact) mass is 529 g/mol. The summed E-state index contributed by atoms with van der Waals surface area (Å²) in [6, 6.07) is 5.12. The van der Waals surface area contributed by atoms with Crippen molar-refractivity contribution < 1.29 is 27.9 Å². The van der Waals surface area contributed by atoms with Crippen molar-refractivity contribution in [1.82, 2.24) is 10.2 Å². The highest BCUT2D eigenvalue weighted by atomic mass is 32.2. The predicted octanol–water partition coefficient (Wildman–Crippen LogP) is 3.01. The molecule has 1 atom stereocenters. The third kappa shape index (κ3) is 5.49. The molecule has 1 saturated carbocycles. The van der Waals surface area contributed by atoms with E-state index in [1.807, 2.05) is 20.8 Å². The number of hydrogen-bond acceptors (Lipinski definition) is 5. The Hall–Kier alpha value is -3.40. The van der Waals surface area contributed by atoms with Crippen LogP contribution in [-0.2, 0) is 30.8 Å². The van der Waals surface area contributed by atoms with E-state index < -0.39 is 33.4 Å². The quantitative estimate of drug-likeness (QED) is 0.428. The van der Waals surface area contributed by atoms with Crippen LogP contribution < -0.4 is 10.0 Å². The van der Waals surface area contributed by atoms with E-state index in [-0.39, 0.29) is 17.2 Å². The maximum Gasteiger partial charge on any atom is 0.326 e. The lowest BCUT2D eigenvalue weighted by Crippen LogP contribution is -2.49. The van der Waals surface area contributed by atoms with Crippen molar-refractivity contribution >= 4 is 33.5 Å². The maximum atomic E-state index is 13.3. The lowest BCUT2D eigenvalue weighted by Gasteiger charge is -2.22. The van der Waals surface area contributed by atoms with E-state index in [2.05, 4.69) is 10.0 Å². The number of nitrogens with one attached hydrogen (secondary N) is 2. The fourth-order valence-electron chi connectivity index (χ4n) is 4.61. The second-order valence-electron chi connectivity index (χ2n) is 10.1. The van der Waals surface area contributed by atoms with E-state index in [0.29, 0.717) is 35.2 Å². The Morgan fingerprint density at radius 2 is 1.41 bits per heavy atom. The molecule has 37 heavy (non-hydrogen) atoms. The normalized spacial score (nSPS) is 15.0. The molecule has 0 saturated heterocycles. The minimum absolute atomic E-state index is 0.0189. The Labute approximate surface area is 218 Å². The molecule has 1 aliphatic rings. The van der Waals surface area contributed by atoms with Crippen molar-refractivity contribution in [3.8, 4) is 0 Å². The first-order valence-electron chi connectivity index (χ1n) is 12.1. The zero-order valence-corrected chi connectivity index (χ0v) is 23.2. The molecule has 2 amide bonds. The van der Waals surface area contributed by atoms with Crippen molar-refractivity contribution in [3.63, 3.8) is 0 Å². The molecule has 2 aromatic rings. The van der Waals surface area contributed by atoms with Gasteiger partial charge in [-0.2, -0.15) is 0 Å². The molecule has 3 rings (SSSR count). The third-order valence-electron chi connectivity index (χ3n) is 7.45. The lowest BCUT2D eigenvalue weighted by molar-refractivity contribution is -0.147. The number of carbonyl (C=O) groups excluding carboxylic acids is 2. The molecule has 0 spiro atoms. The highest BCUT2D eigenvalue weighted by molar-refractivity contribution is 7.92. The number of carbonyl (C=O) groups is 3. The highest BCUT2D eigenvalue weighted by Crippen LogP contribution is 2.47. The first-order valence-corrected chi connectivity index (χ1v) is 13.5. The van der Waals surface area contributed by atoms with Gasteiger partial charge in [0, 0.05) is 26.2 Å². The first kappa shape index (κ1) is 28.2. The largest absolute Gasteiger partial charge is 0.480 e. The van der Waals surface area contributed by atoms with Crippen molar-refractivity contribution in [2.45, 2.75) is 64.8 Å². The zero-order valence-electron chi connectivity index (χ0n) is 22.4. The molecule has 9 nitrogen and oxygen atoms in total. The van der Waals surface area contributed by atoms with Gasteiger partial charge in [-0.15, -0.1) is 0 Å². The van der Waals surface area contributed by atoms with Crippen molar-refractivity contribution in [2.75, 3.05) is 18.8 Å². The van der Waals surface area contributed by atoms with Crippen LogP contribution in [0.15, 0.2) is 29.2 Å². The number of carboxylic acid groups (broad SMARTS) is 1. The molecule has 10 heteroatoms. The number of hydrogen-bond donors (Lipinski definition) is 3. The van der Waals surface area contributed by atoms with E-state index in [4.69, 9.17) is 0 Å². The van der Waals surface area contributed by atoms with Gasteiger partial charge in [0.2, 0.25) is 11.8 Å². The van der Waals surface area contributed by atoms with Crippen LogP contribution in [0.3, 0.4) is 0 Å². The van der Waals surface area contributed by atoms with Crippen LogP contribution in [0.4, 0.5) is 5.69 Å². The number of carboxylic acids is 1. The van der Waals surface area contributed by atoms with Crippen molar-refractivity contribution in [3.05, 3.63) is 57.6 Å². The summed E-state index contributed by atoms with van der Waals surface area (Å²) in [5.41, 5.74) is 4.06. The van der Waals surface area contributed by atoms with Gasteiger partial charge >= 0.3 is 5.97 Å². The van der Waals surface area contributed by atoms with Crippen LogP contribution in [0.1, 0.15) is 46.2 Å². The average Bonchev–Trinajstić information content (AvgIpc) is 3.63. The van der Waals surface area contributed by atoms with Gasteiger partial charge in [-0.05, 0) is 93.0 Å². The minimum Gasteiger partial charge on any atom is -0.480 e. The molecular formula is C27H35N3O6S. The summed E-state index contributed by atoms with van der Waals surface area (Å²) in [5, 5.41) is 12.2. The van der Waals surface area contributed by atoms with Crippen LogP contribution in [0, 0.1) is 40.0 Å². The molecule has 0 aromatic heterocycles. The topological polar surface area (TPSA) is 133 Å². The third-order valence-corrected chi connectivity index (χ3v) is 9.10. The smallest absolute Gasteiger partial charge is 0.326 e. The van der Waals surface area contributed by atoms with Gasteiger partial charge in [0.05, 0.1) is 4.90 Å². The minimum atomic E-state index is -3.86. The molecule has 2 aromatic carbocycles. The lowest BCUT2D eigenvalue weighted by atomic mass is 9.95. The number of sulfonamides is 1. The van der Waals surface area contributed by atoms with Crippen LogP contribution in [0.2, 0.25) is 0 Å². The fourth-order valence-corrected chi connectivity index (χ4v) is 6.27. The van der Waals surface area contributed by atoms with E-state index >= 15 is 0 Å². The maximum absolute atomic E-state index is 13.3. The Morgan fingerprint density at radius 3 is 1.84 bits per heavy atom.